The van der Waals surface area contributed by atoms with Gasteiger partial charge in [0.1, 0.15) is 0 Å². The molecule has 2 nitrogen and oxygen atoms in total. The summed E-state index contributed by atoms with van der Waals surface area (Å²) in [6.07, 6.45) is 2.57. The second-order valence-corrected chi connectivity index (χ2v) is 3.43. The fourth-order valence-corrected chi connectivity index (χ4v) is 1.80. The minimum atomic E-state index is 0.435. The van der Waals surface area contributed by atoms with Gasteiger partial charge in [-0.25, -0.2) is 0 Å². The van der Waals surface area contributed by atoms with E-state index in [0.29, 0.717) is 6.04 Å². The van der Waals surface area contributed by atoms with Gasteiger partial charge in [-0.2, -0.15) is 0 Å². The normalized spacial score (nSPS) is 35.1. The number of hydrogen-bond acceptors (Lipinski definition) is 2. The lowest BCUT2D eigenvalue weighted by molar-refractivity contribution is 0.387. The molecule has 1 saturated heterocycles. The molecule has 2 N–H and O–H groups in total. The van der Waals surface area contributed by atoms with Crippen molar-refractivity contribution in [3.05, 3.63) is 0 Å². The molecule has 60 valence electrons. The van der Waals surface area contributed by atoms with Crippen molar-refractivity contribution >= 4 is 0 Å². The van der Waals surface area contributed by atoms with Crippen molar-refractivity contribution in [1.82, 2.24) is 4.90 Å². The highest BCUT2D eigenvalue weighted by Crippen LogP contribution is 2.18. The molecule has 1 heterocycles. The zero-order chi connectivity index (χ0) is 7.56. The van der Waals surface area contributed by atoms with Crippen LogP contribution >= 0.6 is 0 Å². The van der Waals surface area contributed by atoms with Crippen molar-refractivity contribution in [3.63, 3.8) is 0 Å². The Balaban J connectivity index is 2.31. The van der Waals surface area contributed by atoms with Crippen LogP contribution in [-0.4, -0.2) is 31.1 Å². The number of nitrogens with two attached hydrogens (primary N) is 1. The molecule has 0 radical (unpaired) electrons. The van der Waals surface area contributed by atoms with Gasteiger partial charge in [0, 0.05) is 19.1 Å². The maximum absolute atomic E-state index is 5.91. The molecule has 1 aliphatic heterocycles. The lowest BCUT2D eigenvalue weighted by Gasteiger charge is -2.11. The Morgan fingerprint density at radius 3 is 2.60 bits per heavy atom. The van der Waals surface area contributed by atoms with Crippen molar-refractivity contribution in [2.75, 3.05) is 20.1 Å². The van der Waals surface area contributed by atoms with E-state index in [1.807, 2.05) is 0 Å². The number of likely N-dealkylation sites (tertiary alicyclic amines) is 1. The summed E-state index contributed by atoms with van der Waals surface area (Å²) >= 11 is 0. The number of hydrogen-bond donors (Lipinski definition) is 1. The molecule has 0 aromatic rings. The van der Waals surface area contributed by atoms with Crippen LogP contribution in [0.1, 0.15) is 19.8 Å². The summed E-state index contributed by atoms with van der Waals surface area (Å²) in [6, 6.07) is 0.435. The largest absolute Gasteiger partial charge is 0.326 e. The molecule has 0 aliphatic carbocycles. The zero-order valence-corrected chi connectivity index (χ0v) is 7.01. The fourth-order valence-electron chi connectivity index (χ4n) is 1.80. The van der Waals surface area contributed by atoms with Gasteiger partial charge in [0.25, 0.3) is 0 Å². The average Bonchev–Trinajstić information content (AvgIpc) is 2.13. The molecule has 0 aromatic heterocycles. The van der Waals surface area contributed by atoms with E-state index < -0.39 is 0 Å². The van der Waals surface area contributed by atoms with Crippen LogP contribution in [0.5, 0.6) is 0 Å². The second-order valence-electron chi connectivity index (χ2n) is 3.43. The fraction of sp³-hybridized carbons (Fsp3) is 1.00. The predicted molar refractivity (Wildman–Crippen MR) is 43.9 cm³/mol. The van der Waals surface area contributed by atoms with Gasteiger partial charge in [0.15, 0.2) is 0 Å². The maximum atomic E-state index is 5.91. The van der Waals surface area contributed by atoms with Crippen LogP contribution in [-0.2, 0) is 0 Å². The third-order valence-electron chi connectivity index (χ3n) is 2.33. The van der Waals surface area contributed by atoms with E-state index in [9.17, 15) is 0 Å². The van der Waals surface area contributed by atoms with Crippen LogP contribution in [0.4, 0.5) is 0 Å². The van der Waals surface area contributed by atoms with Crippen molar-refractivity contribution < 1.29 is 0 Å². The molecule has 1 aliphatic rings. The van der Waals surface area contributed by atoms with Crippen molar-refractivity contribution in [2.45, 2.75) is 25.8 Å². The topological polar surface area (TPSA) is 29.3 Å². The molecule has 2 heteroatoms. The Bertz CT molecular complexity index is 103. The van der Waals surface area contributed by atoms with Crippen LogP contribution < -0.4 is 5.73 Å². The maximum Gasteiger partial charge on any atom is 0.0208 e. The molecule has 2 atom stereocenters. The van der Waals surface area contributed by atoms with Crippen molar-refractivity contribution in [1.29, 1.82) is 0 Å². The van der Waals surface area contributed by atoms with E-state index in [-0.39, 0.29) is 0 Å². The van der Waals surface area contributed by atoms with E-state index in [4.69, 9.17) is 5.73 Å². The summed E-state index contributed by atoms with van der Waals surface area (Å²) < 4.78 is 0. The van der Waals surface area contributed by atoms with Gasteiger partial charge in [0.2, 0.25) is 0 Å². The highest BCUT2D eigenvalue weighted by atomic mass is 15.1. The molecule has 0 saturated carbocycles. The molecule has 0 bridgehead atoms. The number of rotatable bonds is 2. The average molecular weight is 142 g/mol. The lowest BCUT2D eigenvalue weighted by Crippen LogP contribution is -2.28. The van der Waals surface area contributed by atoms with E-state index in [0.717, 1.165) is 12.5 Å². The van der Waals surface area contributed by atoms with Crippen LogP contribution in [0.25, 0.3) is 0 Å². The van der Waals surface area contributed by atoms with Crippen LogP contribution in [0, 0.1) is 5.92 Å². The zero-order valence-electron chi connectivity index (χ0n) is 7.01. The highest BCUT2D eigenvalue weighted by molar-refractivity contribution is 4.84. The van der Waals surface area contributed by atoms with Gasteiger partial charge in [-0.05, 0) is 19.4 Å². The Kier molecular flexibility index (Phi) is 2.69. The summed E-state index contributed by atoms with van der Waals surface area (Å²) in [5.74, 6) is 0.759. The van der Waals surface area contributed by atoms with E-state index in [1.165, 1.54) is 19.4 Å². The van der Waals surface area contributed by atoms with Gasteiger partial charge in [0.05, 0.1) is 0 Å². The Hall–Kier alpha value is -0.0800. The molecule has 0 unspecified atom stereocenters. The SMILES string of the molecule is CCC[C@@H]1CN(C)C[C@@H]1N. The third-order valence-corrected chi connectivity index (χ3v) is 2.33. The Morgan fingerprint density at radius 2 is 2.20 bits per heavy atom. The van der Waals surface area contributed by atoms with Gasteiger partial charge in [-0.15, -0.1) is 0 Å². The predicted octanol–water partition coefficient (Wildman–Crippen LogP) is 0.675. The van der Waals surface area contributed by atoms with Crippen molar-refractivity contribution in [2.24, 2.45) is 11.7 Å². The summed E-state index contributed by atoms with van der Waals surface area (Å²) in [6.45, 7) is 4.52. The molecular formula is C8H18N2. The number of likely N-dealkylation sites (N-methyl/N-ethyl adjacent to an activating group) is 1. The quantitative estimate of drug-likeness (QED) is 0.614. The first-order valence-corrected chi connectivity index (χ1v) is 4.18. The first-order valence-electron chi connectivity index (χ1n) is 4.18. The lowest BCUT2D eigenvalue weighted by atomic mass is 9.99. The summed E-state index contributed by atoms with van der Waals surface area (Å²) in [5.41, 5.74) is 5.91. The second kappa shape index (κ2) is 3.35. The third kappa shape index (κ3) is 1.70. The Morgan fingerprint density at radius 1 is 1.50 bits per heavy atom. The molecule has 0 aromatic carbocycles. The molecular weight excluding hydrogens is 124 g/mol. The molecule has 1 fully saturated rings. The van der Waals surface area contributed by atoms with Gasteiger partial charge < -0.3 is 10.6 Å². The van der Waals surface area contributed by atoms with Crippen LogP contribution in [0.2, 0.25) is 0 Å². The first-order chi connectivity index (χ1) is 4.74. The minimum Gasteiger partial charge on any atom is -0.326 e. The van der Waals surface area contributed by atoms with Gasteiger partial charge in [-0.3, -0.25) is 0 Å². The molecule has 0 spiro atoms. The first kappa shape index (κ1) is 8.02. The van der Waals surface area contributed by atoms with Crippen LogP contribution in [0.15, 0.2) is 0 Å². The standard InChI is InChI=1S/C8H18N2/c1-3-4-7-5-10(2)6-8(7)9/h7-8H,3-6,9H2,1-2H3/t7-,8+/m1/s1. The van der Waals surface area contributed by atoms with E-state index >= 15 is 0 Å². The molecule has 1 rings (SSSR count). The smallest absolute Gasteiger partial charge is 0.0208 e. The van der Waals surface area contributed by atoms with Gasteiger partial charge >= 0.3 is 0 Å². The summed E-state index contributed by atoms with van der Waals surface area (Å²) in [5, 5.41) is 0. The van der Waals surface area contributed by atoms with Crippen molar-refractivity contribution in [3.8, 4) is 0 Å². The summed E-state index contributed by atoms with van der Waals surface area (Å²) in [4.78, 5) is 2.32. The van der Waals surface area contributed by atoms with Gasteiger partial charge in [-0.1, -0.05) is 13.3 Å². The minimum absolute atomic E-state index is 0.435. The Labute approximate surface area is 63.4 Å². The monoisotopic (exact) mass is 142 g/mol. The van der Waals surface area contributed by atoms with E-state index in [1.54, 1.807) is 0 Å². The molecule has 10 heavy (non-hydrogen) atoms. The van der Waals surface area contributed by atoms with Crippen LogP contribution in [0.3, 0.4) is 0 Å². The highest BCUT2D eigenvalue weighted by Gasteiger charge is 2.26. The molecule has 0 amide bonds. The number of nitrogens with zero attached hydrogens (tertiary/aromatic N) is 1. The summed E-state index contributed by atoms with van der Waals surface area (Å²) in [7, 11) is 2.15. The van der Waals surface area contributed by atoms with E-state index in [2.05, 4.69) is 18.9 Å².